The number of rotatable bonds is 5. The first-order chi connectivity index (χ1) is 13.7. The minimum absolute atomic E-state index is 0.231. The fourth-order valence-electron chi connectivity index (χ4n) is 4.40. The third-order valence-electron chi connectivity index (χ3n) is 6.02. The molecule has 2 aliphatic heterocycles. The molecule has 0 saturated carbocycles. The van der Waals surface area contributed by atoms with Crippen molar-refractivity contribution < 1.29 is 5.11 Å². The maximum atomic E-state index is 10.8. The number of aromatic nitrogens is 1. The maximum absolute atomic E-state index is 10.8. The lowest BCUT2D eigenvalue weighted by molar-refractivity contribution is 0.00968. The SMILES string of the molecule is O[C@@H]1CN(c2ncccc2Cl)CC[C@H]1N1CCN(CCc2ccccc2)CC1. The second-order valence-electron chi connectivity index (χ2n) is 7.79. The average molecular weight is 401 g/mol. The molecular weight excluding hydrogens is 372 g/mol. The van der Waals surface area contributed by atoms with E-state index in [9.17, 15) is 5.11 Å². The number of hydrogen-bond acceptors (Lipinski definition) is 5. The van der Waals surface area contributed by atoms with E-state index >= 15 is 0 Å². The van der Waals surface area contributed by atoms with E-state index in [2.05, 4.69) is 50.0 Å². The number of piperazine rings is 1. The lowest BCUT2D eigenvalue weighted by atomic mass is 9.99. The van der Waals surface area contributed by atoms with Crippen molar-refractivity contribution in [3.05, 3.63) is 59.2 Å². The van der Waals surface area contributed by atoms with Crippen LogP contribution in [0.3, 0.4) is 0 Å². The smallest absolute Gasteiger partial charge is 0.147 e. The highest BCUT2D eigenvalue weighted by molar-refractivity contribution is 6.32. The van der Waals surface area contributed by atoms with Crippen molar-refractivity contribution in [1.82, 2.24) is 14.8 Å². The van der Waals surface area contributed by atoms with Crippen molar-refractivity contribution >= 4 is 17.4 Å². The largest absolute Gasteiger partial charge is 0.390 e. The van der Waals surface area contributed by atoms with Gasteiger partial charge >= 0.3 is 0 Å². The van der Waals surface area contributed by atoms with Crippen LogP contribution in [0.2, 0.25) is 5.02 Å². The van der Waals surface area contributed by atoms with E-state index in [1.54, 1.807) is 6.20 Å². The van der Waals surface area contributed by atoms with Crippen molar-refractivity contribution in [2.24, 2.45) is 0 Å². The van der Waals surface area contributed by atoms with Crippen LogP contribution in [0.15, 0.2) is 48.7 Å². The summed E-state index contributed by atoms with van der Waals surface area (Å²) in [6.45, 7) is 6.79. The molecule has 5 nitrogen and oxygen atoms in total. The Morgan fingerprint density at radius 2 is 1.79 bits per heavy atom. The fourth-order valence-corrected chi connectivity index (χ4v) is 4.64. The van der Waals surface area contributed by atoms with Crippen LogP contribution in [0.4, 0.5) is 5.82 Å². The zero-order chi connectivity index (χ0) is 19.3. The highest BCUT2D eigenvalue weighted by Gasteiger charge is 2.34. The molecule has 0 radical (unpaired) electrons. The first-order valence-electron chi connectivity index (χ1n) is 10.2. The number of pyridine rings is 1. The molecule has 4 rings (SSSR count). The van der Waals surface area contributed by atoms with Gasteiger partial charge in [0, 0.05) is 58.1 Å². The van der Waals surface area contributed by atoms with Crippen molar-refractivity contribution in [2.45, 2.75) is 25.0 Å². The number of nitrogens with zero attached hydrogens (tertiary/aromatic N) is 4. The Kier molecular flexibility index (Phi) is 6.47. The summed E-state index contributed by atoms with van der Waals surface area (Å²) in [4.78, 5) is 11.5. The summed E-state index contributed by atoms with van der Waals surface area (Å²) in [6.07, 6.45) is 3.43. The minimum atomic E-state index is -0.373. The van der Waals surface area contributed by atoms with Crippen LogP contribution in [0.25, 0.3) is 0 Å². The third kappa shape index (κ3) is 4.66. The van der Waals surface area contributed by atoms with Crippen LogP contribution in [0, 0.1) is 0 Å². The first-order valence-corrected chi connectivity index (χ1v) is 10.6. The van der Waals surface area contributed by atoms with Crippen LogP contribution >= 0.6 is 11.6 Å². The van der Waals surface area contributed by atoms with E-state index in [0.717, 1.165) is 57.9 Å². The molecule has 0 spiro atoms. The Morgan fingerprint density at radius 1 is 1.00 bits per heavy atom. The van der Waals surface area contributed by atoms with Gasteiger partial charge < -0.3 is 14.9 Å². The zero-order valence-corrected chi connectivity index (χ0v) is 17.0. The van der Waals surface area contributed by atoms with Crippen LogP contribution in [-0.2, 0) is 6.42 Å². The molecule has 3 heterocycles. The molecule has 28 heavy (non-hydrogen) atoms. The highest BCUT2D eigenvalue weighted by Crippen LogP contribution is 2.27. The van der Waals surface area contributed by atoms with Gasteiger partial charge in [0.1, 0.15) is 5.82 Å². The Morgan fingerprint density at radius 3 is 2.50 bits per heavy atom. The fraction of sp³-hybridized carbons (Fsp3) is 0.500. The Bertz CT molecular complexity index is 751. The molecule has 2 fully saturated rings. The number of halogens is 1. The zero-order valence-electron chi connectivity index (χ0n) is 16.3. The number of benzene rings is 1. The van der Waals surface area contributed by atoms with Crippen molar-refractivity contribution in [3.8, 4) is 0 Å². The minimum Gasteiger partial charge on any atom is -0.390 e. The van der Waals surface area contributed by atoms with Gasteiger partial charge in [-0.05, 0) is 30.5 Å². The first kappa shape index (κ1) is 19.6. The van der Waals surface area contributed by atoms with Crippen LogP contribution < -0.4 is 4.90 Å². The second kappa shape index (κ2) is 9.23. The summed E-state index contributed by atoms with van der Waals surface area (Å²) in [7, 11) is 0. The monoisotopic (exact) mass is 400 g/mol. The van der Waals surface area contributed by atoms with Crippen LogP contribution in [0.5, 0.6) is 0 Å². The molecule has 2 saturated heterocycles. The molecule has 2 atom stereocenters. The van der Waals surface area contributed by atoms with Gasteiger partial charge in [-0.1, -0.05) is 41.9 Å². The van der Waals surface area contributed by atoms with Gasteiger partial charge in [0.15, 0.2) is 0 Å². The summed E-state index contributed by atoms with van der Waals surface area (Å²) in [5.41, 5.74) is 1.40. The second-order valence-corrected chi connectivity index (χ2v) is 8.20. The molecule has 1 aromatic heterocycles. The van der Waals surface area contributed by atoms with Gasteiger partial charge in [0.2, 0.25) is 0 Å². The van der Waals surface area contributed by atoms with E-state index in [1.807, 2.05) is 12.1 Å². The summed E-state index contributed by atoms with van der Waals surface area (Å²) in [6, 6.07) is 14.6. The lowest BCUT2D eigenvalue weighted by Gasteiger charge is -2.45. The van der Waals surface area contributed by atoms with E-state index in [1.165, 1.54) is 5.56 Å². The van der Waals surface area contributed by atoms with Gasteiger partial charge in [-0.15, -0.1) is 0 Å². The lowest BCUT2D eigenvalue weighted by Crippen LogP contribution is -2.59. The summed E-state index contributed by atoms with van der Waals surface area (Å²) < 4.78 is 0. The number of aliphatic hydroxyl groups excluding tert-OH is 1. The predicted molar refractivity (Wildman–Crippen MR) is 114 cm³/mol. The highest BCUT2D eigenvalue weighted by atomic mass is 35.5. The van der Waals surface area contributed by atoms with Crippen molar-refractivity contribution in [3.63, 3.8) is 0 Å². The number of aliphatic hydroxyl groups is 1. The molecular formula is C22H29ClN4O. The third-order valence-corrected chi connectivity index (χ3v) is 6.32. The van der Waals surface area contributed by atoms with Crippen LogP contribution in [0.1, 0.15) is 12.0 Å². The van der Waals surface area contributed by atoms with E-state index in [4.69, 9.17) is 11.6 Å². The topological polar surface area (TPSA) is 42.8 Å². The Labute approximate surface area is 172 Å². The van der Waals surface area contributed by atoms with Gasteiger partial charge in [0.05, 0.1) is 11.1 Å². The number of β-amino-alcohol motifs (C(OH)–C–C–N with tert-alkyl or cyclic N) is 1. The quantitative estimate of drug-likeness (QED) is 0.835. The summed E-state index contributed by atoms with van der Waals surface area (Å²) in [5, 5.41) is 11.4. The molecule has 0 bridgehead atoms. The van der Waals surface area contributed by atoms with Gasteiger partial charge in [0.25, 0.3) is 0 Å². The van der Waals surface area contributed by atoms with E-state index in [0.29, 0.717) is 11.6 Å². The summed E-state index contributed by atoms with van der Waals surface area (Å²) >= 11 is 6.28. The van der Waals surface area contributed by atoms with Gasteiger partial charge in [-0.2, -0.15) is 0 Å². The van der Waals surface area contributed by atoms with Crippen molar-refractivity contribution in [2.75, 3.05) is 50.7 Å². The number of piperidine rings is 1. The van der Waals surface area contributed by atoms with Crippen molar-refractivity contribution in [1.29, 1.82) is 0 Å². The predicted octanol–water partition coefficient (Wildman–Crippen LogP) is 2.53. The molecule has 2 aliphatic rings. The molecule has 0 aliphatic carbocycles. The molecule has 1 N–H and O–H groups in total. The molecule has 2 aromatic rings. The van der Waals surface area contributed by atoms with Gasteiger partial charge in [-0.3, -0.25) is 4.90 Å². The average Bonchev–Trinajstić information content (AvgIpc) is 2.74. The molecule has 0 unspecified atom stereocenters. The van der Waals surface area contributed by atoms with E-state index in [-0.39, 0.29) is 12.1 Å². The Balaban J connectivity index is 1.25. The molecule has 6 heteroatoms. The molecule has 150 valence electrons. The van der Waals surface area contributed by atoms with Gasteiger partial charge in [-0.25, -0.2) is 4.98 Å². The van der Waals surface area contributed by atoms with Crippen LogP contribution in [-0.4, -0.2) is 77.8 Å². The summed E-state index contributed by atoms with van der Waals surface area (Å²) in [5.74, 6) is 0.785. The van der Waals surface area contributed by atoms with E-state index < -0.39 is 0 Å². The Hall–Kier alpha value is -1.66. The number of hydrogen-bond donors (Lipinski definition) is 1. The standard InChI is InChI=1S/C22H29ClN4O/c23-19-7-4-10-24-22(19)27-12-9-20(21(28)17-27)26-15-13-25(14-16-26)11-8-18-5-2-1-3-6-18/h1-7,10,20-21,28H,8-9,11-17H2/t20-,21-/m1/s1. The molecule has 0 amide bonds. The normalized spacial score (nSPS) is 24.4. The number of anilines is 1. The molecule has 1 aromatic carbocycles. The maximum Gasteiger partial charge on any atom is 0.147 e.